The Kier molecular flexibility index (Phi) is 5.79. The van der Waals surface area contributed by atoms with E-state index in [9.17, 15) is 9.59 Å². The van der Waals surface area contributed by atoms with E-state index in [1.54, 1.807) is 4.57 Å². The minimum Gasteiger partial charge on any atom is -0.441 e. The second kappa shape index (κ2) is 9.15. The average Bonchev–Trinajstić information content (AvgIpc) is 3.65. The van der Waals surface area contributed by atoms with E-state index < -0.39 is 5.69 Å². The number of hydrogen-bond acceptors (Lipinski definition) is 7. The molecular weight excluding hydrogens is 486 g/mol. The van der Waals surface area contributed by atoms with Crippen LogP contribution in [-0.2, 0) is 6.54 Å². The predicted octanol–water partition coefficient (Wildman–Crippen LogP) is 4.84. The molecule has 1 aliphatic rings. The maximum Gasteiger partial charge on any atom is 0.337 e. The lowest BCUT2D eigenvalue weighted by Gasteiger charge is -2.13. The summed E-state index contributed by atoms with van der Waals surface area (Å²) in [6, 6.07) is 15.3. The zero-order valence-electron chi connectivity index (χ0n) is 21.0. The Morgan fingerprint density at radius 2 is 1.70 bits per heavy atom. The third kappa shape index (κ3) is 3.99. The highest BCUT2D eigenvalue weighted by molar-refractivity contribution is 7.22. The van der Waals surface area contributed by atoms with Crippen LogP contribution < -0.4 is 16.1 Å². The van der Waals surface area contributed by atoms with Gasteiger partial charge in [-0.3, -0.25) is 9.36 Å². The van der Waals surface area contributed by atoms with Crippen LogP contribution >= 0.6 is 11.3 Å². The summed E-state index contributed by atoms with van der Waals surface area (Å²) >= 11 is 1.36. The molecule has 3 aromatic heterocycles. The SMILES string of the molecule is Cc1cccc(-n2c(=O)c3sc(N4CCCC4)nc3n(Cc3nc(-c4ccccc4)oc3C)c2=O)c1C. The van der Waals surface area contributed by atoms with Crippen molar-refractivity contribution in [2.45, 2.75) is 40.2 Å². The number of anilines is 1. The van der Waals surface area contributed by atoms with Crippen molar-refractivity contribution in [3.05, 3.63) is 92.0 Å². The summed E-state index contributed by atoms with van der Waals surface area (Å²) in [4.78, 5) is 39.5. The Morgan fingerprint density at radius 3 is 2.46 bits per heavy atom. The number of benzene rings is 2. The lowest BCUT2D eigenvalue weighted by atomic mass is 10.1. The molecule has 0 spiro atoms. The Hall–Kier alpha value is -3.98. The van der Waals surface area contributed by atoms with Crippen LogP contribution in [0.1, 0.15) is 35.4 Å². The molecule has 2 aromatic carbocycles. The van der Waals surface area contributed by atoms with E-state index in [0.29, 0.717) is 33.4 Å². The number of hydrogen-bond donors (Lipinski definition) is 0. The van der Waals surface area contributed by atoms with E-state index in [1.165, 1.54) is 15.9 Å². The summed E-state index contributed by atoms with van der Waals surface area (Å²) in [6.07, 6.45) is 2.19. The first-order valence-corrected chi connectivity index (χ1v) is 13.2. The second-order valence-corrected chi connectivity index (χ2v) is 10.4. The van der Waals surface area contributed by atoms with Crippen LogP contribution in [-0.4, -0.2) is 32.2 Å². The molecule has 0 saturated carbocycles. The van der Waals surface area contributed by atoms with Gasteiger partial charge in [0.2, 0.25) is 5.89 Å². The lowest BCUT2D eigenvalue weighted by Crippen LogP contribution is -2.39. The van der Waals surface area contributed by atoms with Crippen LogP contribution in [0.2, 0.25) is 0 Å². The van der Waals surface area contributed by atoms with Crippen molar-refractivity contribution in [3.8, 4) is 17.1 Å². The maximum absolute atomic E-state index is 14.0. The van der Waals surface area contributed by atoms with Crippen molar-refractivity contribution in [2.24, 2.45) is 0 Å². The highest BCUT2D eigenvalue weighted by Gasteiger charge is 2.24. The number of fused-ring (bicyclic) bond motifs is 1. The number of rotatable bonds is 5. The average molecular weight is 514 g/mol. The number of oxazole rings is 1. The van der Waals surface area contributed by atoms with E-state index in [1.807, 2.05) is 69.3 Å². The minimum absolute atomic E-state index is 0.145. The summed E-state index contributed by atoms with van der Waals surface area (Å²) in [5.41, 5.74) is 3.60. The Morgan fingerprint density at radius 1 is 0.946 bits per heavy atom. The normalized spacial score (nSPS) is 13.6. The van der Waals surface area contributed by atoms with E-state index in [4.69, 9.17) is 14.4 Å². The highest BCUT2D eigenvalue weighted by atomic mass is 32.1. The summed E-state index contributed by atoms with van der Waals surface area (Å²) in [5.74, 6) is 1.12. The molecule has 1 saturated heterocycles. The molecule has 4 heterocycles. The van der Waals surface area contributed by atoms with Crippen molar-refractivity contribution in [3.63, 3.8) is 0 Å². The van der Waals surface area contributed by atoms with Crippen LogP contribution in [0.4, 0.5) is 5.13 Å². The predicted molar refractivity (Wildman–Crippen MR) is 146 cm³/mol. The topological polar surface area (TPSA) is 86.2 Å². The van der Waals surface area contributed by atoms with E-state index in [2.05, 4.69) is 4.90 Å². The molecule has 0 bridgehead atoms. The lowest BCUT2D eigenvalue weighted by molar-refractivity contribution is 0.537. The largest absolute Gasteiger partial charge is 0.441 e. The molecule has 0 atom stereocenters. The van der Waals surface area contributed by atoms with Gasteiger partial charge in [-0.05, 0) is 62.9 Å². The molecule has 0 N–H and O–H groups in total. The van der Waals surface area contributed by atoms with Crippen LogP contribution in [0.15, 0.2) is 62.5 Å². The summed E-state index contributed by atoms with van der Waals surface area (Å²) in [7, 11) is 0. The Labute approximate surface area is 217 Å². The molecule has 37 heavy (non-hydrogen) atoms. The fourth-order valence-electron chi connectivity index (χ4n) is 4.83. The molecule has 8 nitrogen and oxygen atoms in total. The van der Waals surface area contributed by atoms with Crippen molar-refractivity contribution >= 4 is 26.8 Å². The van der Waals surface area contributed by atoms with Crippen LogP contribution in [0.5, 0.6) is 0 Å². The summed E-state index contributed by atoms with van der Waals surface area (Å²) in [6.45, 7) is 7.70. The van der Waals surface area contributed by atoms with Crippen molar-refractivity contribution in [1.29, 1.82) is 0 Å². The first-order chi connectivity index (χ1) is 17.9. The monoisotopic (exact) mass is 513 g/mol. The summed E-state index contributed by atoms with van der Waals surface area (Å²) in [5, 5.41) is 0.776. The molecule has 1 fully saturated rings. The van der Waals surface area contributed by atoms with Gasteiger partial charge in [0.15, 0.2) is 10.8 Å². The van der Waals surface area contributed by atoms with Gasteiger partial charge in [0.05, 0.1) is 12.2 Å². The molecule has 0 amide bonds. The van der Waals surface area contributed by atoms with Crippen LogP contribution in [0.25, 0.3) is 27.5 Å². The van der Waals surface area contributed by atoms with E-state index in [0.717, 1.165) is 47.8 Å². The quantitative estimate of drug-likeness (QED) is 0.334. The van der Waals surface area contributed by atoms with E-state index in [-0.39, 0.29) is 12.1 Å². The molecule has 0 radical (unpaired) electrons. The first kappa shape index (κ1) is 23.4. The number of nitrogens with zero attached hydrogens (tertiary/aromatic N) is 5. The van der Waals surface area contributed by atoms with Gasteiger partial charge in [-0.2, -0.15) is 0 Å². The number of aryl methyl sites for hydroxylation is 2. The van der Waals surface area contributed by atoms with Crippen molar-refractivity contribution in [1.82, 2.24) is 19.1 Å². The van der Waals surface area contributed by atoms with Gasteiger partial charge in [0.1, 0.15) is 16.2 Å². The van der Waals surface area contributed by atoms with Crippen LogP contribution in [0.3, 0.4) is 0 Å². The third-order valence-corrected chi connectivity index (χ3v) is 8.18. The minimum atomic E-state index is -0.437. The van der Waals surface area contributed by atoms with Gasteiger partial charge in [-0.25, -0.2) is 19.3 Å². The molecule has 6 rings (SSSR count). The fourth-order valence-corrected chi connectivity index (χ4v) is 5.88. The highest BCUT2D eigenvalue weighted by Crippen LogP contribution is 2.30. The first-order valence-electron chi connectivity index (χ1n) is 12.4. The van der Waals surface area contributed by atoms with Crippen LogP contribution in [0, 0.1) is 20.8 Å². The summed E-state index contributed by atoms with van der Waals surface area (Å²) < 4.78 is 9.27. The van der Waals surface area contributed by atoms with Gasteiger partial charge in [0, 0.05) is 18.7 Å². The molecule has 1 aliphatic heterocycles. The van der Waals surface area contributed by atoms with Gasteiger partial charge in [0.25, 0.3) is 5.56 Å². The van der Waals surface area contributed by atoms with Gasteiger partial charge < -0.3 is 9.32 Å². The molecular formula is C28H27N5O3S. The zero-order chi connectivity index (χ0) is 25.7. The molecule has 0 aliphatic carbocycles. The maximum atomic E-state index is 14.0. The van der Waals surface area contributed by atoms with Gasteiger partial charge >= 0.3 is 5.69 Å². The standard InChI is InChI=1S/C28H27N5O3S/c1-17-10-9-13-22(18(17)2)33-26(34)23-24(30-27(37-23)31-14-7-8-15-31)32(28(33)35)16-21-19(3)36-25(29-21)20-11-5-4-6-12-20/h4-6,9-13H,7-8,14-16H2,1-3H3. The molecule has 188 valence electrons. The van der Waals surface area contributed by atoms with Gasteiger partial charge in [-0.1, -0.05) is 41.7 Å². The zero-order valence-corrected chi connectivity index (χ0v) is 21.8. The Bertz CT molecular complexity index is 1740. The second-order valence-electron chi connectivity index (χ2n) is 9.46. The van der Waals surface area contributed by atoms with E-state index >= 15 is 0 Å². The smallest absolute Gasteiger partial charge is 0.337 e. The fraction of sp³-hybridized carbons (Fsp3) is 0.286. The molecule has 9 heteroatoms. The number of aromatic nitrogens is 4. The Balaban J connectivity index is 1.57. The number of thiazole rings is 1. The molecule has 0 unspecified atom stereocenters. The third-order valence-electron chi connectivity index (χ3n) is 7.09. The van der Waals surface area contributed by atoms with Crippen molar-refractivity contribution in [2.75, 3.05) is 18.0 Å². The molecule has 5 aromatic rings. The van der Waals surface area contributed by atoms with Crippen molar-refractivity contribution < 1.29 is 4.42 Å². The van der Waals surface area contributed by atoms with Gasteiger partial charge in [-0.15, -0.1) is 0 Å².